The highest BCUT2D eigenvalue weighted by molar-refractivity contribution is 6.04. The zero-order valence-electron chi connectivity index (χ0n) is 16.6. The van der Waals surface area contributed by atoms with Gasteiger partial charge in [0.05, 0.1) is 11.0 Å². The second kappa shape index (κ2) is 6.97. The van der Waals surface area contributed by atoms with E-state index in [0.29, 0.717) is 5.56 Å². The first kappa shape index (κ1) is 18.0. The standard InChI is InChI=1S/C24H23N3O/c1-14-5-6-19(11-15(14)2)24(28)25-20-9-7-18(8-10-20)23-26-21-12-16(3)17(4)13-22(21)27-23/h5-13H,1-4H3,(H,25,28)(H,26,27). The number of aryl methyl sites for hydroxylation is 4. The van der Waals surface area contributed by atoms with Crippen LogP contribution in [0.3, 0.4) is 0 Å². The first-order valence-electron chi connectivity index (χ1n) is 9.37. The second-order valence-corrected chi connectivity index (χ2v) is 7.37. The van der Waals surface area contributed by atoms with Gasteiger partial charge in [0.2, 0.25) is 0 Å². The summed E-state index contributed by atoms with van der Waals surface area (Å²) >= 11 is 0. The number of aromatic nitrogens is 2. The lowest BCUT2D eigenvalue weighted by atomic mass is 10.1. The van der Waals surface area contributed by atoms with E-state index < -0.39 is 0 Å². The maximum atomic E-state index is 12.5. The van der Waals surface area contributed by atoms with Crippen molar-refractivity contribution in [2.24, 2.45) is 0 Å². The average Bonchev–Trinajstić information content (AvgIpc) is 3.07. The maximum Gasteiger partial charge on any atom is 0.255 e. The van der Waals surface area contributed by atoms with Crippen molar-refractivity contribution in [3.05, 3.63) is 82.4 Å². The molecule has 140 valence electrons. The van der Waals surface area contributed by atoms with Crippen LogP contribution >= 0.6 is 0 Å². The van der Waals surface area contributed by atoms with Gasteiger partial charge in [0, 0.05) is 16.8 Å². The van der Waals surface area contributed by atoms with Gasteiger partial charge < -0.3 is 10.3 Å². The Morgan fingerprint density at radius 1 is 0.821 bits per heavy atom. The molecule has 0 unspecified atom stereocenters. The Morgan fingerprint density at radius 2 is 1.50 bits per heavy atom. The number of benzene rings is 3. The predicted molar refractivity (Wildman–Crippen MR) is 115 cm³/mol. The summed E-state index contributed by atoms with van der Waals surface area (Å²) in [5.74, 6) is 0.720. The van der Waals surface area contributed by atoms with Gasteiger partial charge in [-0.2, -0.15) is 0 Å². The molecule has 0 fully saturated rings. The van der Waals surface area contributed by atoms with Crippen LogP contribution in [0.1, 0.15) is 32.6 Å². The molecule has 0 saturated heterocycles. The summed E-state index contributed by atoms with van der Waals surface area (Å²) in [6, 6.07) is 17.7. The van der Waals surface area contributed by atoms with Crippen molar-refractivity contribution in [2.75, 3.05) is 5.32 Å². The number of carbonyl (C=O) groups is 1. The summed E-state index contributed by atoms with van der Waals surface area (Å²) in [5, 5.41) is 2.96. The van der Waals surface area contributed by atoms with E-state index in [1.807, 2.05) is 56.3 Å². The van der Waals surface area contributed by atoms with Crippen molar-refractivity contribution in [2.45, 2.75) is 27.7 Å². The van der Waals surface area contributed by atoms with Crippen molar-refractivity contribution < 1.29 is 4.79 Å². The molecular weight excluding hydrogens is 346 g/mol. The van der Waals surface area contributed by atoms with E-state index in [1.54, 1.807) is 0 Å². The summed E-state index contributed by atoms with van der Waals surface area (Å²) in [6.07, 6.45) is 0. The fraction of sp³-hybridized carbons (Fsp3) is 0.167. The highest BCUT2D eigenvalue weighted by Gasteiger charge is 2.09. The van der Waals surface area contributed by atoms with Crippen molar-refractivity contribution in [1.82, 2.24) is 9.97 Å². The predicted octanol–water partition coefficient (Wildman–Crippen LogP) is 5.72. The largest absolute Gasteiger partial charge is 0.338 e. The van der Waals surface area contributed by atoms with Crippen LogP contribution in [0.2, 0.25) is 0 Å². The van der Waals surface area contributed by atoms with Crippen LogP contribution in [0.25, 0.3) is 22.4 Å². The summed E-state index contributed by atoms with van der Waals surface area (Å²) in [6.45, 7) is 8.24. The van der Waals surface area contributed by atoms with Gasteiger partial charge in [0.15, 0.2) is 0 Å². The van der Waals surface area contributed by atoms with Gasteiger partial charge >= 0.3 is 0 Å². The van der Waals surface area contributed by atoms with E-state index in [9.17, 15) is 4.79 Å². The van der Waals surface area contributed by atoms with Gasteiger partial charge in [-0.05, 0) is 98.5 Å². The lowest BCUT2D eigenvalue weighted by molar-refractivity contribution is 0.102. The monoisotopic (exact) mass is 369 g/mol. The van der Waals surface area contributed by atoms with Crippen molar-refractivity contribution >= 4 is 22.6 Å². The smallest absolute Gasteiger partial charge is 0.255 e. The van der Waals surface area contributed by atoms with Crippen LogP contribution in [0, 0.1) is 27.7 Å². The molecule has 0 saturated carbocycles. The highest BCUT2D eigenvalue weighted by atomic mass is 16.1. The van der Waals surface area contributed by atoms with Gasteiger partial charge in [-0.25, -0.2) is 4.98 Å². The molecule has 0 aliphatic carbocycles. The molecule has 0 bridgehead atoms. The number of nitrogens with one attached hydrogen (secondary N) is 2. The molecule has 4 rings (SSSR count). The molecule has 1 amide bonds. The molecule has 4 heteroatoms. The summed E-state index contributed by atoms with van der Waals surface area (Å²) in [4.78, 5) is 20.6. The fourth-order valence-electron chi connectivity index (χ4n) is 3.20. The molecule has 0 radical (unpaired) electrons. The third kappa shape index (κ3) is 3.41. The fourth-order valence-corrected chi connectivity index (χ4v) is 3.20. The number of aromatic amines is 1. The van der Waals surface area contributed by atoms with Crippen LogP contribution in [-0.2, 0) is 0 Å². The number of hydrogen-bond acceptors (Lipinski definition) is 2. The zero-order valence-corrected chi connectivity index (χ0v) is 16.6. The van der Waals surface area contributed by atoms with E-state index in [-0.39, 0.29) is 5.91 Å². The molecule has 4 aromatic rings. The minimum absolute atomic E-state index is 0.106. The third-order valence-electron chi connectivity index (χ3n) is 5.28. The topological polar surface area (TPSA) is 57.8 Å². The second-order valence-electron chi connectivity index (χ2n) is 7.37. The van der Waals surface area contributed by atoms with Crippen molar-refractivity contribution in [3.8, 4) is 11.4 Å². The first-order valence-corrected chi connectivity index (χ1v) is 9.37. The lowest BCUT2D eigenvalue weighted by Gasteiger charge is -2.08. The van der Waals surface area contributed by atoms with Gasteiger partial charge in [-0.15, -0.1) is 0 Å². The first-order chi connectivity index (χ1) is 13.4. The Balaban J connectivity index is 1.55. The highest BCUT2D eigenvalue weighted by Crippen LogP contribution is 2.24. The quantitative estimate of drug-likeness (QED) is 0.485. The molecule has 0 aliphatic rings. The van der Waals surface area contributed by atoms with Gasteiger partial charge in [-0.3, -0.25) is 4.79 Å². The van der Waals surface area contributed by atoms with Crippen LogP contribution in [-0.4, -0.2) is 15.9 Å². The number of carbonyl (C=O) groups excluding carboxylic acids is 1. The molecule has 0 atom stereocenters. The molecule has 4 nitrogen and oxygen atoms in total. The Hall–Kier alpha value is -3.40. The normalized spacial score (nSPS) is 11.0. The summed E-state index contributed by atoms with van der Waals surface area (Å²) < 4.78 is 0. The summed E-state index contributed by atoms with van der Waals surface area (Å²) in [5.41, 5.74) is 9.16. The molecule has 0 spiro atoms. The van der Waals surface area contributed by atoms with Gasteiger partial charge in [0.25, 0.3) is 5.91 Å². The van der Waals surface area contributed by atoms with Crippen LogP contribution in [0.5, 0.6) is 0 Å². The van der Waals surface area contributed by atoms with Crippen LogP contribution in [0.15, 0.2) is 54.6 Å². The lowest BCUT2D eigenvalue weighted by Crippen LogP contribution is -2.12. The SMILES string of the molecule is Cc1ccc(C(=O)Nc2ccc(-c3nc4cc(C)c(C)cc4[nH]3)cc2)cc1C. The Bertz CT molecular complexity index is 1150. The molecule has 3 aromatic carbocycles. The van der Waals surface area contributed by atoms with Crippen LogP contribution in [0.4, 0.5) is 5.69 Å². The summed E-state index contributed by atoms with van der Waals surface area (Å²) in [7, 11) is 0. The molecule has 2 N–H and O–H groups in total. The number of fused-ring (bicyclic) bond motifs is 1. The number of rotatable bonds is 3. The average molecular weight is 369 g/mol. The third-order valence-corrected chi connectivity index (χ3v) is 5.28. The number of nitrogens with zero attached hydrogens (tertiary/aromatic N) is 1. The molecule has 1 aromatic heterocycles. The number of imidazole rings is 1. The zero-order chi connectivity index (χ0) is 19.8. The van der Waals surface area contributed by atoms with Crippen molar-refractivity contribution in [1.29, 1.82) is 0 Å². The van der Waals surface area contributed by atoms with E-state index in [4.69, 9.17) is 4.98 Å². The number of H-pyrrole nitrogens is 1. The number of hydrogen-bond donors (Lipinski definition) is 2. The number of anilines is 1. The van der Waals surface area contributed by atoms with E-state index in [1.165, 1.54) is 16.7 Å². The molecular formula is C24H23N3O. The van der Waals surface area contributed by atoms with Crippen LogP contribution < -0.4 is 5.32 Å². The Kier molecular flexibility index (Phi) is 4.47. The Morgan fingerprint density at radius 3 is 2.21 bits per heavy atom. The van der Waals surface area contributed by atoms with Crippen molar-refractivity contribution in [3.63, 3.8) is 0 Å². The molecule has 0 aliphatic heterocycles. The van der Waals surface area contributed by atoms with Gasteiger partial charge in [-0.1, -0.05) is 6.07 Å². The molecule has 28 heavy (non-hydrogen) atoms. The molecule has 1 heterocycles. The van der Waals surface area contributed by atoms with E-state index in [0.717, 1.165) is 33.7 Å². The minimum Gasteiger partial charge on any atom is -0.338 e. The van der Waals surface area contributed by atoms with E-state index in [2.05, 4.69) is 36.3 Å². The Labute approximate surface area is 164 Å². The van der Waals surface area contributed by atoms with E-state index >= 15 is 0 Å². The number of amides is 1. The maximum absolute atomic E-state index is 12.5. The minimum atomic E-state index is -0.106. The van der Waals surface area contributed by atoms with Gasteiger partial charge in [0.1, 0.15) is 5.82 Å².